The summed E-state index contributed by atoms with van der Waals surface area (Å²) >= 11 is 6.10. The lowest BCUT2D eigenvalue weighted by Gasteiger charge is -2.09. The minimum atomic E-state index is 0.691. The molecule has 0 aliphatic heterocycles. The molecule has 0 fully saturated rings. The Hall–Kier alpha value is -3.10. The van der Waals surface area contributed by atoms with Crippen LogP contribution in [0.1, 0.15) is 11.1 Å². The molecule has 1 aliphatic rings. The van der Waals surface area contributed by atoms with Gasteiger partial charge in [0.25, 0.3) is 0 Å². The Bertz CT molecular complexity index is 1350. The molecular formula is C24H14ClNO. The summed E-state index contributed by atoms with van der Waals surface area (Å²) in [6, 6.07) is 24.7. The molecule has 128 valence electrons. The van der Waals surface area contributed by atoms with Crippen molar-refractivity contribution < 1.29 is 4.42 Å². The van der Waals surface area contributed by atoms with E-state index in [0.717, 1.165) is 39.1 Å². The molecule has 0 radical (unpaired) electrons. The van der Waals surface area contributed by atoms with Gasteiger partial charge < -0.3 is 4.42 Å². The van der Waals surface area contributed by atoms with E-state index in [1.807, 2.05) is 36.4 Å². The van der Waals surface area contributed by atoms with Gasteiger partial charge in [-0.15, -0.1) is 0 Å². The van der Waals surface area contributed by atoms with Crippen molar-refractivity contribution >= 4 is 33.7 Å². The second-order valence-electron chi connectivity index (χ2n) is 6.93. The van der Waals surface area contributed by atoms with Crippen LogP contribution in [0.15, 0.2) is 77.2 Å². The van der Waals surface area contributed by atoms with Gasteiger partial charge in [0.1, 0.15) is 5.58 Å². The van der Waals surface area contributed by atoms with Gasteiger partial charge in [0.2, 0.25) is 5.71 Å². The number of fused-ring (bicyclic) bond motifs is 7. The SMILES string of the molecule is Clc1ccc(-c2nc3oc4ccccc4c3c3c2Cc2ccccc2-3)cc1. The van der Waals surface area contributed by atoms with Gasteiger partial charge in [-0.05, 0) is 34.9 Å². The van der Waals surface area contributed by atoms with Crippen molar-refractivity contribution in [3.05, 3.63) is 88.9 Å². The third-order valence-corrected chi connectivity index (χ3v) is 5.65. The monoisotopic (exact) mass is 367 g/mol. The average molecular weight is 368 g/mol. The zero-order valence-corrected chi connectivity index (χ0v) is 15.1. The van der Waals surface area contributed by atoms with Gasteiger partial charge in [0.05, 0.1) is 11.1 Å². The lowest BCUT2D eigenvalue weighted by atomic mass is 9.97. The fourth-order valence-electron chi connectivity index (χ4n) is 4.22. The summed E-state index contributed by atoms with van der Waals surface area (Å²) in [5.41, 5.74) is 8.73. The van der Waals surface area contributed by atoms with E-state index in [9.17, 15) is 0 Å². The van der Waals surface area contributed by atoms with Crippen LogP contribution in [0, 0.1) is 0 Å². The number of furan rings is 1. The maximum absolute atomic E-state index is 6.14. The lowest BCUT2D eigenvalue weighted by Crippen LogP contribution is -1.93. The highest BCUT2D eigenvalue weighted by Crippen LogP contribution is 2.47. The summed E-state index contributed by atoms with van der Waals surface area (Å²) in [6.45, 7) is 0. The minimum Gasteiger partial charge on any atom is -0.438 e. The molecule has 0 unspecified atom stereocenters. The number of halogens is 1. The van der Waals surface area contributed by atoms with Crippen LogP contribution in [0.5, 0.6) is 0 Å². The smallest absolute Gasteiger partial charge is 0.228 e. The lowest BCUT2D eigenvalue weighted by molar-refractivity contribution is 0.654. The molecule has 2 aromatic heterocycles. The molecule has 2 nitrogen and oxygen atoms in total. The molecule has 0 bridgehead atoms. The maximum Gasteiger partial charge on any atom is 0.228 e. The Balaban J connectivity index is 1.78. The normalized spacial score (nSPS) is 12.5. The summed E-state index contributed by atoms with van der Waals surface area (Å²) in [6.07, 6.45) is 0.881. The predicted octanol–water partition coefficient (Wildman–Crippen LogP) is 6.87. The number of rotatable bonds is 1. The fourth-order valence-corrected chi connectivity index (χ4v) is 4.34. The van der Waals surface area contributed by atoms with Crippen molar-refractivity contribution in [2.45, 2.75) is 6.42 Å². The Morgan fingerprint density at radius 2 is 1.63 bits per heavy atom. The van der Waals surface area contributed by atoms with Gasteiger partial charge in [0, 0.05) is 28.0 Å². The van der Waals surface area contributed by atoms with E-state index >= 15 is 0 Å². The van der Waals surface area contributed by atoms with Crippen LogP contribution in [0.2, 0.25) is 5.02 Å². The Morgan fingerprint density at radius 3 is 2.52 bits per heavy atom. The highest BCUT2D eigenvalue weighted by molar-refractivity contribution is 6.30. The molecule has 0 saturated carbocycles. The standard InChI is InChI=1S/C24H14ClNO/c25-16-11-9-14(10-12-16)23-19-13-15-5-1-2-6-17(15)21(19)22-18-7-3-4-8-20(18)27-24(22)26-23/h1-12H,13H2. The zero-order chi connectivity index (χ0) is 18.0. The molecule has 27 heavy (non-hydrogen) atoms. The largest absolute Gasteiger partial charge is 0.438 e. The second kappa shape index (κ2) is 5.45. The van der Waals surface area contributed by atoms with E-state index in [1.165, 1.54) is 22.3 Å². The summed E-state index contributed by atoms with van der Waals surface area (Å²) in [5, 5.41) is 2.96. The molecule has 0 spiro atoms. The number of para-hydroxylation sites is 1. The fraction of sp³-hybridized carbons (Fsp3) is 0.0417. The van der Waals surface area contributed by atoms with Crippen LogP contribution in [0.25, 0.3) is 44.5 Å². The molecule has 0 atom stereocenters. The van der Waals surface area contributed by atoms with E-state index in [4.69, 9.17) is 21.0 Å². The summed E-state index contributed by atoms with van der Waals surface area (Å²) in [7, 11) is 0. The predicted molar refractivity (Wildman–Crippen MR) is 110 cm³/mol. The zero-order valence-electron chi connectivity index (χ0n) is 14.4. The third kappa shape index (κ3) is 2.11. The summed E-state index contributed by atoms with van der Waals surface area (Å²) < 4.78 is 6.14. The number of aromatic nitrogens is 1. The number of hydrogen-bond acceptors (Lipinski definition) is 2. The van der Waals surface area contributed by atoms with Gasteiger partial charge in [-0.25, -0.2) is 4.98 Å². The van der Waals surface area contributed by atoms with Gasteiger partial charge >= 0.3 is 0 Å². The van der Waals surface area contributed by atoms with Crippen molar-refractivity contribution in [3.8, 4) is 22.4 Å². The Morgan fingerprint density at radius 1 is 0.852 bits per heavy atom. The number of nitrogens with zero attached hydrogens (tertiary/aromatic N) is 1. The Kier molecular flexibility index (Phi) is 3.03. The quantitative estimate of drug-likeness (QED) is 0.317. The van der Waals surface area contributed by atoms with Gasteiger partial charge in [0.15, 0.2) is 0 Å². The van der Waals surface area contributed by atoms with Gasteiger partial charge in [-0.3, -0.25) is 0 Å². The highest BCUT2D eigenvalue weighted by Gasteiger charge is 2.28. The van der Waals surface area contributed by atoms with Crippen molar-refractivity contribution in [1.29, 1.82) is 0 Å². The molecular weight excluding hydrogens is 354 g/mol. The van der Waals surface area contributed by atoms with E-state index in [0.29, 0.717) is 5.71 Å². The van der Waals surface area contributed by atoms with Crippen LogP contribution in [0.4, 0.5) is 0 Å². The van der Waals surface area contributed by atoms with Crippen molar-refractivity contribution in [3.63, 3.8) is 0 Å². The maximum atomic E-state index is 6.14. The number of hydrogen-bond donors (Lipinski definition) is 0. The second-order valence-corrected chi connectivity index (χ2v) is 7.37. The first-order valence-corrected chi connectivity index (χ1v) is 9.36. The first-order chi connectivity index (χ1) is 13.3. The van der Waals surface area contributed by atoms with Crippen LogP contribution in [-0.4, -0.2) is 4.98 Å². The van der Waals surface area contributed by atoms with Crippen molar-refractivity contribution in [1.82, 2.24) is 4.98 Å². The first kappa shape index (κ1) is 15.0. The number of pyridine rings is 1. The van der Waals surface area contributed by atoms with E-state index in [1.54, 1.807) is 0 Å². The molecule has 1 aliphatic carbocycles. The van der Waals surface area contributed by atoms with Crippen LogP contribution < -0.4 is 0 Å². The average Bonchev–Trinajstić information content (AvgIpc) is 3.26. The molecule has 0 amide bonds. The summed E-state index contributed by atoms with van der Waals surface area (Å²) in [4.78, 5) is 4.96. The van der Waals surface area contributed by atoms with Crippen LogP contribution in [-0.2, 0) is 6.42 Å². The molecule has 6 rings (SSSR count). The molecule has 3 aromatic carbocycles. The third-order valence-electron chi connectivity index (χ3n) is 5.40. The number of benzene rings is 3. The van der Waals surface area contributed by atoms with E-state index in [-0.39, 0.29) is 0 Å². The van der Waals surface area contributed by atoms with Gasteiger partial charge in [-0.1, -0.05) is 66.2 Å². The topological polar surface area (TPSA) is 26.0 Å². The Labute approximate surface area is 161 Å². The van der Waals surface area contributed by atoms with Gasteiger partial charge in [-0.2, -0.15) is 0 Å². The summed E-state index contributed by atoms with van der Waals surface area (Å²) in [5.74, 6) is 0. The van der Waals surface area contributed by atoms with Crippen LogP contribution >= 0.6 is 11.6 Å². The van der Waals surface area contributed by atoms with E-state index < -0.39 is 0 Å². The van der Waals surface area contributed by atoms with E-state index in [2.05, 4.69) is 36.4 Å². The molecule has 2 heterocycles. The molecule has 5 aromatic rings. The van der Waals surface area contributed by atoms with Crippen molar-refractivity contribution in [2.24, 2.45) is 0 Å². The van der Waals surface area contributed by atoms with Crippen LogP contribution in [0.3, 0.4) is 0 Å². The minimum absolute atomic E-state index is 0.691. The molecule has 0 N–H and O–H groups in total. The van der Waals surface area contributed by atoms with Crippen molar-refractivity contribution in [2.75, 3.05) is 0 Å². The first-order valence-electron chi connectivity index (χ1n) is 8.98. The molecule has 3 heteroatoms. The molecule has 0 saturated heterocycles. The highest BCUT2D eigenvalue weighted by atomic mass is 35.5.